The number of nitrogens with zero attached hydrogens (tertiary/aromatic N) is 4. The first-order valence-electron chi connectivity index (χ1n) is 5.78. The van der Waals surface area contributed by atoms with Crippen LogP contribution in [0.5, 0.6) is 0 Å². The summed E-state index contributed by atoms with van der Waals surface area (Å²) < 4.78 is 5.12. The molecule has 20 heavy (non-hydrogen) atoms. The van der Waals surface area contributed by atoms with E-state index in [1.165, 1.54) is 12.6 Å². The monoisotopic (exact) mass is 270 g/mol. The first-order valence-corrected chi connectivity index (χ1v) is 5.78. The van der Waals surface area contributed by atoms with Gasteiger partial charge in [0.25, 0.3) is 5.91 Å². The number of amides is 1. The van der Waals surface area contributed by atoms with Crippen molar-refractivity contribution in [2.24, 2.45) is 0 Å². The molecule has 2 heterocycles. The van der Waals surface area contributed by atoms with E-state index in [-0.39, 0.29) is 11.6 Å². The molecular weight excluding hydrogens is 260 g/mol. The fraction of sp³-hybridized carbons (Fsp3) is 0.0833. The van der Waals surface area contributed by atoms with E-state index in [0.717, 1.165) is 11.1 Å². The van der Waals surface area contributed by atoms with E-state index in [0.29, 0.717) is 11.6 Å². The van der Waals surface area contributed by atoms with Crippen LogP contribution in [0.25, 0.3) is 11.5 Å². The van der Waals surface area contributed by atoms with Gasteiger partial charge in [0.2, 0.25) is 12.3 Å². The number of rotatable bonds is 3. The van der Waals surface area contributed by atoms with Crippen LogP contribution in [0, 0.1) is 6.92 Å². The van der Waals surface area contributed by atoms with E-state index in [9.17, 15) is 4.79 Å². The molecule has 0 atom stereocenters. The molecule has 100 valence electrons. The smallest absolute Gasteiger partial charge is 0.277 e. The van der Waals surface area contributed by atoms with Crippen LogP contribution in [0.3, 0.4) is 0 Å². The second kappa shape index (κ2) is 4.92. The Kier molecular flexibility index (Phi) is 2.96. The fourth-order valence-corrected chi connectivity index (χ4v) is 1.73. The Morgan fingerprint density at radius 3 is 2.95 bits per heavy atom. The van der Waals surface area contributed by atoms with Gasteiger partial charge in [-0.25, -0.2) is 0 Å². The fourth-order valence-electron chi connectivity index (χ4n) is 1.73. The summed E-state index contributed by atoms with van der Waals surface area (Å²) in [5.41, 5.74) is 2.57. The van der Waals surface area contributed by atoms with Crippen molar-refractivity contribution in [1.29, 1.82) is 0 Å². The molecule has 0 aliphatic rings. The van der Waals surface area contributed by atoms with Crippen LogP contribution in [0.4, 0.5) is 5.69 Å². The first-order chi connectivity index (χ1) is 9.74. The predicted molar refractivity (Wildman–Crippen MR) is 68.8 cm³/mol. The van der Waals surface area contributed by atoms with Crippen molar-refractivity contribution < 1.29 is 9.21 Å². The van der Waals surface area contributed by atoms with Gasteiger partial charge in [-0.05, 0) is 30.7 Å². The predicted octanol–water partition coefficient (Wildman–Crippen LogP) is 1.42. The maximum Gasteiger partial charge on any atom is 0.277 e. The summed E-state index contributed by atoms with van der Waals surface area (Å²) in [6.07, 6.45) is 2.63. The third kappa shape index (κ3) is 2.26. The summed E-state index contributed by atoms with van der Waals surface area (Å²) in [4.78, 5) is 11.9. The van der Waals surface area contributed by atoms with E-state index in [2.05, 4.69) is 30.9 Å². The molecule has 0 unspecified atom stereocenters. The van der Waals surface area contributed by atoms with Gasteiger partial charge < -0.3 is 9.73 Å². The lowest BCUT2D eigenvalue weighted by molar-refractivity contribution is 0.102. The number of nitrogens with one attached hydrogen (secondary N) is 2. The SMILES string of the molecule is Cc1cc(-c2nnco2)ccc1NC(=O)c1cn[nH]n1. The zero-order valence-electron chi connectivity index (χ0n) is 10.5. The van der Waals surface area contributed by atoms with E-state index in [4.69, 9.17) is 4.42 Å². The van der Waals surface area contributed by atoms with Gasteiger partial charge in [-0.2, -0.15) is 15.4 Å². The number of anilines is 1. The van der Waals surface area contributed by atoms with Crippen LogP contribution < -0.4 is 5.32 Å². The Morgan fingerprint density at radius 2 is 2.30 bits per heavy atom. The highest BCUT2D eigenvalue weighted by Gasteiger charge is 2.11. The Hall–Kier alpha value is -3.03. The van der Waals surface area contributed by atoms with Gasteiger partial charge in [-0.3, -0.25) is 4.79 Å². The summed E-state index contributed by atoms with van der Waals surface area (Å²) in [6, 6.07) is 5.41. The van der Waals surface area contributed by atoms with Gasteiger partial charge >= 0.3 is 0 Å². The van der Waals surface area contributed by atoms with Crippen molar-refractivity contribution in [1.82, 2.24) is 25.6 Å². The molecule has 3 aromatic rings. The highest BCUT2D eigenvalue weighted by molar-refractivity contribution is 6.03. The topological polar surface area (TPSA) is 110 Å². The lowest BCUT2D eigenvalue weighted by Gasteiger charge is -2.07. The molecule has 0 radical (unpaired) electrons. The largest absolute Gasteiger partial charge is 0.423 e. The van der Waals surface area contributed by atoms with E-state index in [1.807, 2.05) is 13.0 Å². The molecule has 1 aromatic carbocycles. The quantitative estimate of drug-likeness (QED) is 0.744. The number of aryl methyl sites for hydroxylation is 1. The van der Waals surface area contributed by atoms with Gasteiger partial charge in [0, 0.05) is 11.3 Å². The molecule has 2 aromatic heterocycles. The van der Waals surface area contributed by atoms with E-state index >= 15 is 0 Å². The zero-order chi connectivity index (χ0) is 13.9. The number of hydrogen-bond acceptors (Lipinski definition) is 6. The van der Waals surface area contributed by atoms with Gasteiger partial charge in [-0.1, -0.05) is 0 Å². The minimum Gasteiger partial charge on any atom is -0.423 e. The van der Waals surface area contributed by atoms with Crippen molar-refractivity contribution in [2.75, 3.05) is 5.32 Å². The first kappa shape index (κ1) is 12.0. The maximum atomic E-state index is 11.9. The highest BCUT2D eigenvalue weighted by atomic mass is 16.4. The molecule has 0 saturated heterocycles. The molecule has 8 nitrogen and oxygen atoms in total. The number of aromatic nitrogens is 5. The number of H-pyrrole nitrogens is 1. The second-order valence-electron chi connectivity index (χ2n) is 4.08. The van der Waals surface area contributed by atoms with Crippen molar-refractivity contribution in [3.8, 4) is 11.5 Å². The van der Waals surface area contributed by atoms with Gasteiger partial charge in [0.15, 0.2) is 5.69 Å². The Labute approximate surface area is 113 Å². The lowest BCUT2D eigenvalue weighted by atomic mass is 10.1. The molecular formula is C12H10N6O2. The van der Waals surface area contributed by atoms with Crippen LogP contribution >= 0.6 is 0 Å². The summed E-state index contributed by atoms with van der Waals surface area (Å²) in [6.45, 7) is 1.87. The van der Waals surface area contributed by atoms with Crippen molar-refractivity contribution in [3.63, 3.8) is 0 Å². The third-order valence-electron chi connectivity index (χ3n) is 2.73. The van der Waals surface area contributed by atoms with Crippen LogP contribution in [0.2, 0.25) is 0 Å². The second-order valence-corrected chi connectivity index (χ2v) is 4.08. The van der Waals surface area contributed by atoms with Crippen molar-refractivity contribution in [2.45, 2.75) is 6.92 Å². The molecule has 0 fully saturated rings. The average Bonchev–Trinajstić information content (AvgIpc) is 3.14. The molecule has 0 bridgehead atoms. The van der Waals surface area contributed by atoms with Crippen molar-refractivity contribution in [3.05, 3.63) is 42.0 Å². The van der Waals surface area contributed by atoms with Gasteiger partial charge in [0.1, 0.15) is 0 Å². The average molecular weight is 270 g/mol. The van der Waals surface area contributed by atoms with Gasteiger partial charge in [-0.15, -0.1) is 10.2 Å². The number of hydrogen-bond donors (Lipinski definition) is 2. The summed E-state index contributed by atoms with van der Waals surface area (Å²) in [7, 11) is 0. The van der Waals surface area contributed by atoms with E-state index in [1.54, 1.807) is 12.1 Å². The molecule has 0 aliphatic carbocycles. The Morgan fingerprint density at radius 1 is 1.40 bits per heavy atom. The Balaban J connectivity index is 1.83. The third-order valence-corrected chi connectivity index (χ3v) is 2.73. The zero-order valence-corrected chi connectivity index (χ0v) is 10.5. The molecule has 2 N–H and O–H groups in total. The molecule has 0 saturated carbocycles. The van der Waals surface area contributed by atoms with Crippen LogP contribution in [-0.2, 0) is 0 Å². The van der Waals surface area contributed by atoms with Crippen LogP contribution in [0.15, 0.2) is 35.2 Å². The summed E-state index contributed by atoms with van der Waals surface area (Å²) >= 11 is 0. The number of carbonyl (C=O) groups excluding carboxylic acids is 1. The van der Waals surface area contributed by atoms with E-state index < -0.39 is 0 Å². The number of benzene rings is 1. The molecule has 8 heteroatoms. The van der Waals surface area contributed by atoms with Crippen molar-refractivity contribution >= 4 is 11.6 Å². The minimum absolute atomic E-state index is 0.227. The minimum atomic E-state index is -0.326. The normalized spacial score (nSPS) is 10.4. The van der Waals surface area contributed by atoms with Crippen LogP contribution in [0.1, 0.15) is 16.1 Å². The molecule has 1 amide bonds. The summed E-state index contributed by atoms with van der Waals surface area (Å²) in [5, 5.41) is 19.9. The summed E-state index contributed by atoms with van der Waals surface area (Å²) in [5.74, 6) is 0.106. The number of aromatic amines is 1. The lowest BCUT2D eigenvalue weighted by Crippen LogP contribution is -2.13. The molecule has 0 aliphatic heterocycles. The highest BCUT2D eigenvalue weighted by Crippen LogP contribution is 2.23. The Bertz CT molecular complexity index is 721. The maximum absolute atomic E-state index is 11.9. The standard InChI is InChI=1S/C12H10N6O2/c1-7-4-8(12-17-14-6-20-12)2-3-9(7)15-11(19)10-5-13-18-16-10/h2-6H,1H3,(H,15,19)(H,13,16,18). The van der Waals surface area contributed by atoms with Crippen LogP contribution in [-0.4, -0.2) is 31.5 Å². The molecule has 3 rings (SSSR count). The number of carbonyl (C=O) groups is 1. The molecule has 0 spiro atoms. The van der Waals surface area contributed by atoms with Gasteiger partial charge in [0.05, 0.1) is 6.20 Å².